The Morgan fingerprint density at radius 3 is 2.44 bits per heavy atom. The SMILES string of the molecule is O[C]1CCCC(O)C1O. The fourth-order valence-corrected chi connectivity index (χ4v) is 1.02. The smallest absolute Gasteiger partial charge is 0.124 e. The molecule has 0 aromatic heterocycles. The van der Waals surface area contributed by atoms with Crippen molar-refractivity contribution in [2.45, 2.75) is 31.5 Å². The van der Waals surface area contributed by atoms with Gasteiger partial charge in [-0.2, -0.15) is 0 Å². The summed E-state index contributed by atoms with van der Waals surface area (Å²) in [7, 11) is 0. The van der Waals surface area contributed by atoms with Gasteiger partial charge in [0.05, 0.1) is 6.10 Å². The van der Waals surface area contributed by atoms with Crippen molar-refractivity contribution in [1.29, 1.82) is 0 Å². The Kier molecular flexibility index (Phi) is 2.05. The van der Waals surface area contributed by atoms with Crippen LogP contribution in [0.3, 0.4) is 0 Å². The molecule has 1 aliphatic carbocycles. The van der Waals surface area contributed by atoms with Crippen LogP contribution >= 0.6 is 0 Å². The molecule has 0 aliphatic heterocycles. The van der Waals surface area contributed by atoms with Crippen LogP contribution in [0, 0.1) is 6.10 Å². The van der Waals surface area contributed by atoms with Gasteiger partial charge in [-0.3, -0.25) is 0 Å². The van der Waals surface area contributed by atoms with Gasteiger partial charge in [0.15, 0.2) is 0 Å². The zero-order valence-electron chi connectivity index (χ0n) is 5.12. The van der Waals surface area contributed by atoms with Crippen molar-refractivity contribution in [2.75, 3.05) is 0 Å². The van der Waals surface area contributed by atoms with Crippen LogP contribution in [0.25, 0.3) is 0 Å². The number of rotatable bonds is 0. The summed E-state index contributed by atoms with van der Waals surface area (Å²) in [6, 6.07) is 0. The summed E-state index contributed by atoms with van der Waals surface area (Å²) in [6.45, 7) is 0. The fourth-order valence-electron chi connectivity index (χ4n) is 1.02. The minimum Gasteiger partial charge on any atom is -0.390 e. The Labute approximate surface area is 53.9 Å². The molecule has 3 heteroatoms. The lowest BCUT2D eigenvalue weighted by atomic mass is 9.92. The molecule has 2 unspecified atom stereocenters. The zero-order chi connectivity index (χ0) is 6.85. The first-order valence-electron chi connectivity index (χ1n) is 3.12. The molecular formula is C6H11O3. The van der Waals surface area contributed by atoms with E-state index in [2.05, 4.69) is 0 Å². The highest BCUT2D eigenvalue weighted by Crippen LogP contribution is 2.23. The van der Waals surface area contributed by atoms with Crippen LogP contribution in [0.2, 0.25) is 0 Å². The second-order valence-electron chi connectivity index (χ2n) is 2.40. The number of aliphatic hydroxyl groups excluding tert-OH is 3. The second kappa shape index (κ2) is 2.64. The molecule has 0 bridgehead atoms. The monoisotopic (exact) mass is 131 g/mol. The molecule has 0 aromatic rings. The van der Waals surface area contributed by atoms with Gasteiger partial charge in [0.1, 0.15) is 12.2 Å². The molecule has 1 aliphatic rings. The van der Waals surface area contributed by atoms with Gasteiger partial charge in [-0.05, 0) is 19.3 Å². The van der Waals surface area contributed by atoms with E-state index in [4.69, 9.17) is 15.3 Å². The van der Waals surface area contributed by atoms with Crippen molar-refractivity contribution < 1.29 is 15.3 Å². The summed E-state index contributed by atoms with van der Waals surface area (Å²) in [5, 5.41) is 26.7. The van der Waals surface area contributed by atoms with Gasteiger partial charge in [0.25, 0.3) is 0 Å². The van der Waals surface area contributed by atoms with Gasteiger partial charge in [-0.15, -0.1) is 0 Å². The van der Waals surface area contributed by atoms with Gasteiger partial charge in [0, 0.05) is 0 Å². The summed E-state index contributed by atoms with van der Waals surface area (Å²) >= 11 is 0. The largest absolute Gasteiger partial charge is 0.390 e. The molecular weight excluding hydrogens is 120 g/mol. The van der Waals surface area contributed by atoms with Gasteiger partial charge < -0.3 is 15.3 Å². The maximum Gasteiger partial charge on any atom is 0.124 e. The first kappa shape index (κ1) is 6.99. The van der Waals surface area contributed by atoms with Crippen LogP contribution in [0.15, 0.2) is 0 Å². The van der Waals surface area contributed by atoms with Gasteiger partial charge in [-0.1, -0.05) is 0 Å². The third-order valence-electron chi connectivity index (χ3n) is 1.64. The molecule has 0 spiro atoms. The maximum atomic E-state index is 8.92. The average molecular weight is 131 g/mol. The molecule has 1 radical (unpaired) electrons. The third-order valence-corrected chi connectivity index (χ3v) is 1.64. The van der Waals surface area contributed by atoms with E-state index in [9.17, 15) is 0 Å². The molecule has 2 atom stereocenters. The van der Waals surface area contributed by atoms with Crippen molar-refractivity contribution in [2.24, 2.45) is 0 Å². The van der Waals surface area contributed by atoms with Crippen molar-refractivity contribution in [3.63, 3.8) is 0 Å². The lowest BCUT2D eigenvalue weighted by Gasteiger charge is -2.26. The van der Waals surface area contributed by atoms with Crippen LogP contribution in [0.4, 0.5) is 0 Å². The topological polar surface area (TPSA) is 60.7 Å². The minimum atomic E-state index is -1.00. The van der Waals surface area contributed by atoms with E-state index in [0.717, 1.165) is 6.42 Å². The van der Waals surface area contributed by atoms with E-state index in [0.29, 0.717) is 12.8 Å². The lowest BCUT2D eigenvalue weighted by molar-refractivity contribution is -0.0357. The first-order valence-corrected chi connectivity index (χ1v) is 3.12. The number of hydrogen-bond acceptors (Lipinski definition) is 3. The van der Waals surface area contributed by atoms with Crippen molar-refractivity contribution in [1.82, 2.24) is 0 Å². The highest BCUT2D eigenvalue weighted by atomic mass is 16.4. The highest BCUT2D eigenvalue weighted by Gasteiger charge is 2.29. The van der Waals surface area contributed by atoms with Gasteiger partial charge in [0.2, 0.25) is 0 Å². The van der Waals surface area contributed by atoms with E-state index in [1.807, 2.05) is 0 Å². The van der Waals surface area contributed by atoms with E-state index in [1.54, 1.807) is 0 Å². The normalized spacial score (nSPS) is 39.0. The van der Waals surface area contributed by atoms with E-state index < -0.39 is 12.2 Å². The van der Waals surface area contributed by atoms with Gasteiger partial charge >= 0.3 is 0 Å². The summed E-state index contributed by atoms with van der Waals surface area (Å²) in [5.41, 5.74) is 0. The summed E-state index contributed by atoms with van der Waals surface area (Å²) < 4.78 is 0. The predicted octanol–water partition coefficient (Wildman–Crippen LogP) is -0.203. The summed E-state index contributed by atoms with van der Waals surface area (Å²) in [4.78, 5) is 0. The fraction of sp³-hybridized carbons (Fsp3) is 0.833. The van der Waals surface area contributed by atoms with E-state index in [-0.39, 0.29) is 6.10 Å². The quantitative estimate of drug-likeness (QED) is 0.426. The summed E-state index contributed by atoms with van der Waals surface area (Å²) in [6.07, 6.45) is 0.152. The second-order valence-corrected chi connectivity index (χ2v) is 2.40. The van der Waals surface area contributed by atoms with Crippen molar-refractivity contribution in [3.05, 3.63) is 6.10 Å². The number of aliphatic hydroxyl groups is 3. The third kappa shape index (κ3) is 1.41. The van der Waals surface area contributed by atoms with Crippen LogP contribution in [0.1, 0.15) is 19.3 Å². The van der Waals surface area contributed by atoms with Gasteiger partial charge in [-0.25, -0.2) is 0 Å². The Morgan fingerprint density at radius 2 is 2.00 bits per heavy atom. The Morgan fingerprint density at radius 1 is 1.33 bits per heavy atom. The average Bonchev–Trinajstić information content (AvgIpc) is 1.83. The maximum absolute atomic E-state index is 8.92. The molecule has 0 aromatic carbocycles. The molecule has 0 amide bonds. The molecule has 1 rings (SSSR count). The summed E-state index contributed by atoms with van der Waals surface area (Å²) in [5.74, 6) is 0. The van der Waals surface area contributed by atoms with Crippen LogP contribution in [-0.4, -0.2) is 27.5 Å². The predicted molar refractivity (Wildman–Crippen MR) is 31.0 cm³/mol. The zero-order valence-corrected chi connectivity index (χ0v) is 5.12. The molecule has 9 heavy (non-hydrogen) atoms. The minimum absolute atomic E-state index is 0.0220. The molecule has 1 fully saturated rings. The molecule has 3 nitrogen and oxygen atoms in total. The molecule has 3 N–H and O–H groups in total. The first-order chi connectivity index (χ1) is 4.22. The Hall–Kier alpha value is -0.120. The Bertz CT molecular complexity index is 84.3. The molecule has 0 saturated heterocycles. The molecule has 53 valence electrons. The van der Waals surface area contributed by atoms with Crippen molar-refractivity contribution >= 4 is 0 Å². The van der Waals surface area contributed by atoms with E-state index >= 15 is 0 Å². The van der Waals surface area contributed by atoms with Crippen LogP contribution in [-0.2, 0) is 0 Å². The highest BCUT2D eigenvalue weighted by molar-refractivity contribution is 4.93. The van der Waals surface area contributed by atoms with Crippen molar-refractivity contribution in [3.8, 4) is 0 Å². The standard InChI is InChI=1S/C6H11O3/c7-4-2-1-3-5(8)6(4)9/h4,6-9H,1-3H2. The van der Waals surface area contributed by atoms with Crippen LogP contribution < -0.4 is 0 Å². The number of hydrogen-bond donors (Lipinski definition) is 3. The lowest BCUT2D eigenvalue weighted by Crippen LogP contribution is -2.35. The Balaban J connectivity index is 2.41. The van der Waals surface area contributed by atoms with Crippen LogP contribution in [0.5, 0.6) is 0 Å². The molecule has 1 saturated carbocycles. The van der Waals surface area contributed by atoms with E-state index in [1.165, 1.54) is 0 Å². The molecule has 0 heterocycles.